The SMILES string of the molecule is COC(=S)N1CCN(CCCCN2C(=S)N(c3ccc4c(c3)COC4=O)C(=O)C2(C)C)CC1. The zero-order chi connectivity index (χ0) is 23.8. The van der Waals surface area contributed by atoms with E-state index in [-0.39, 0.29) is 18.5 Å². The average molecular weight is 491 g/mol. The van der Waals surface area contributed by atoms with Crippen molar-refractivity contribution in [2.75, 3.05) is 51.3 Å². The lowest BCUT2D eigenvalue weighted by Crippen LogP contribution is -2.49. The number of hydrogen-bond donors (Lipinski definition) is 0. The van der Waals surface area contributed by atoms with Crippen molar-refractivity contribution in [3.8, 4) is 0 Å². The number of methoxy groups -OCH3 is 1. The number of carbonyl (C=O) groups excluding carboxylic acids is 2. The molecule has 2 fully saturated rings. The van der Waals surface area contributed by atoms with Crippen LogP contribution in [-0.4, -0.2) is 88.8 Å². The molecule has 3 heterocycles. The smallest absolute Gasteiger partial charge is 0.338 e. The average Bonchev–Trinajstić information content (AvgIpc) is 3.25. The van der Waals surface area contributed by atoms with Gasteiger partial charge in [0.25, 0.3) is 11.1 Å². The van der Waals surface area contributed by atoms with E-state index in [2.05, 4.69) is 9.80 Å². The number of nitrogens with zero attached hydrogens (tertiary/aromatic N) is 4. The molecule has 0 radical (unpaired) electrons. The quantitative estimate of drug-likeness (QED) is 0.340. The number of cyclic esters (lactones) is 1. The third-order valence-electron chi connectivity index (χ3n) is 6.66. The molecule has 10 heteroatoms. The van der Waals surface area contributed by atoms with Gasteiger partial charge in [-0.1, -0.05) is 0 Å². The summed E-state index contributed by atoms with van der Waals surface area (Å²) in [7, 11) is 1.62. The minimum atomic E-state index is -0.718. The van der Waals surface area contributed by atoms with Crippen LogP contribution in [0.4, 0.5) is 5.69 Å². The summed E-state index contributed by atoms with van der Waals surface area (Å²) in [6.45, 7) is 9.49. The second-order valence-electron chi connectivity index (χ2n) is 9.06. The first-order chi connectivity index (χ1) is 15.7. The molecule has 3 aliphatic rings. The van der Waals surface area contributed by atoms with Crippen LogP contribution in [0.5, 0.6) is 0 Å². The second-order valence-corrected chi connectivity index (χ2v) is 9.77. The van der Waals surface area contributed by atoms with Crippen LogP contribution in [0.1, 0.15) is 42.6 Å². The minimum Gasteiger partial charge on any atom is -0.474 e. The maximum atomic E-state index is 13.3. The Hall–Kier alpha value is -2.30. The molecule has 8 nitrogen and oxygen atoms in total. The van der Waals surface area contributed by atoms with Crippen molar-refractivity contribution >= 4 is 52.3 Å². The van der Waals surface area contributed by atoms with E-state index >= 15 is 0 Å². The number of carbonyl (C=O) groups is 2. The fourth-order valence-corrected chi connectivity index (χ4v) is 5.28. The molecule has 2 saturated heterocycles. The number of rotatable bonds is 6. The van der Waals surface area contributed by atoms with E-state index in [9.17, 15) is 9.59 Å². The number of fused-ring (bicyclic) bond motifs is 1. The largest absolute Gasteiger partial charge is 0.474 e. The molecule has 1 aromatic carbocycles. The summed E-state index contributed by atoms with van der Waals surface area (Å²) in [4.78, 5) is 33.2. The van der Waals surface area contributed by atoms with Crippen molar-refractivity contribution in [1.82, 2.24) is 14.7 Å². The molecule has 1 aromatic rings. The Balaban J connectivity index is 1.32. The number of unbranched alkanes of at least 4 members (excludes halogenated alkanes) is 1. The van der Waals surface area contributed by atoms with E-state index in [1.54, 1.807) is 24.1 Å². The lowest BCUT2D eigenvalue weighted by molar-refractivity contribution is -0.123. The van der Waals surface area contributed by atoms with E-state index in [0.29, 0.717) is 28.1 Å². The van der Waals surface area contributed by atoms with Gasteiger partial charge in [0, 0.05) is 38.3 Å². The summed E-state index contributed by atoms with van der Waals surface area (Å²) in [5.74, 6) is -0.375. The van der Waals surface area contributed by atoms with Crippen molar-refractivity contribution in [3.63, 3.8) is 0 Å². The highest BCUT2D eigenvalue weighted by molar-refractivity contribution is 7.80. The van der Waals surface area contributed by atoms with Gasteiger partial charge < -0.3 is 19.3 Å². The van der Waals surface area contributed by atoms with Crippen LogP contribution in [-0.2, 0) is 20.9 Å². The molecule has 0 saturated carbocycles. The molecule has 0 unspecified atom stereocenters. The summed E-state index contributed by atoms with van der Waals surface area (Å²) in [5.41, 5.74) is 1.31. The number of esters is 1. The number of benzene rings is 1. The van der Waals surface area contributed by atoms with E-state index in [1.807, 2.05) is 24.8 Å². The molecule has 33 heavy (non-hydrogen) atoms. The number of amides is 1. The molecule has 0 bridgehead atoms. The van der Waals surface area contributed by atoms with Gasteiger partial charge in [-0.2, -0.15) is 0 Å². The van der Waals surface area contributed by atoms with E-state index in [0.717, 1.165) is 51.1 Å². The second kappa shape index (κ2) is 9.52. The highest BCUT2D eigenvalue weighted by atomic mass is 32.1. The van der Waals surface area contributed by atoms with Gasteiger partial charge in [0.1, 0.15) is 12.1 Å². The maximum Gasteiger partial charge on any atom is 0.338 e. The van der Waals surface area contributed by atoms with Gasteiger partial charge in [0.2, 0.25) is 0 Å². The highest BCUT2D eigenvalue weighted by Gasteiger charge is 2.49. The number of anilines is 1. The van der Waals surface area contributed by atoms with Gasteiger partial charge in [-0.3, -0.25) is 14.6 Å². The van der Waals surface area contributed by atoms with Crippen LogP contribution >= 0.6 is 24.4 Å². The standard InChI is InChI=1S/C23H30N4O4S2/c1-23(2)20(29)27(17-6-7-18-16(14-17)15-31-19(18)28)21(32)26(23)9-5-4-8-24-10-12-25(13-11-24)22(33)30-3/h6-7,14H,4-5,8-13,15H2,1-3H3. The molecule has 0 spiro atoms. The van der Waals surface area contributed by atoms with Crippen LogP contribution < -0.4 is 4.90 Å². The van der Waals surface area contributed by atoms with Gasteiger partial charge >= 0.3 is 5.97 Å². The first-order valence-corrected chi connectivity index (χ1v) is 12.1. The summed E-state index contributed by atoms with van der Waals surface area (Å²) < 4.78 is 10.2. The molecular weight excluding hydrogens is 460 g/mol. The third kappa shape index (κ3) is 4.56. The Morgan fingerprint density at radius 2 is 1.82 bits per heavy atom. The van der Waals surface area contributed by atoms with E-state index < -0.39 is 5.54 Å². The zero-order valence-corrected chi connectivity index (χ0v) is 21.0. The van der Waals surface area contributed by atoms with E-state index in [1.165, 1.54) is 0 Å². The molecular formula is C23H30N4O4S2. The fourth-order valence-electron chi connectivity index (χ4n) is 4.59. The minimum absolute atomic E-state index is 0.0528. The van der Waals surface area contributed by atoms with Crippen molar-refractivity contribution < 1.29 is 19.1 Å². The molecule has 0 aliphatic carbocycles. The summed E-state index contributed by atoms with van der Waals surface area (Å²) in [5, 5.41) is 1.08. The van der Waals surface area contributed by atoms with Gasteiger partial charge in [0.15, 0.2) is 5.11 Å². The van der Waals surface area contributed by atoms with Gasteiger partial charge in [-0.05, 0) is 75.9 Å². The Kier molecular flexibility index (Phi) is 6.88. The van der Waals surface area contributed by atoms with Gasteiger partial charge in [-0.15, -0.1) is 0 Å². The topological polar surface area (TPSA) is 65.6 Å². The highest BCUT2D eigenvalue weighted by Crippen LogP contribution is 2.34. The Morgan fingerprint density at radius 3 is 2.52 bits per heavy atom. The predicted octanol–water partition coefficient (Wildman–Crippen LogP) is 2.40. The normalized spacial score (nSPS) is 20.3. The third-order valence-corrected chi connectivity index (χ3v) is 7.49. The molecule has 0 atom stereocenters. The lowest BCUT2D eigenvalue weighted by Gasteiger charge is -2.35. The lowest BCUT2D eigenvalue weighted by atomic mass is 10.0. The zero-order valence-electron chi connectivity index (χ0n) is 19.3. The Morgan fingerprint density at radius 1 is 1.12 bits per heavy atom. The molecule has 178 valence electrons. The van der Waals surface area contributed by atoms with Crippen LogP contribution in [0.2, 0.25) is 0 Å². The Bertz CT molecular complexity index is 975. The van der Waals surface area contributed by atoms with Crippen molar-refractivity contribution in [2.45, 2.75) is 38.8 Å². The fraction of sp³-hybridized carbons (Fsp3) is 0.565. The van der Waals surface area contributed by atoms with Gasteiger partial charge in [0.05, 0.1) is 18.4 Å². The number of hydrogen-bond acceptors (Lipinski definition) is 7. The molecule has 0 aromatic heterocycles. The van der Waals surface area contributed by atoms with Crippen molar-refractivity contribution in [3.05, 3.63) is 29.3 Å². The summed E-state index contributed by atoms with van der Waals surface area (Å²) in [6, 6.07) is 5.31. The summed E-state index contributed by atoms with van der Waals surface area (Å²) >= 11 is 10.9. The Labute approximate surface area is 205 Å². The molecule has 0 N–H and O–H groups in total. The van der Waals surface area contributed by atoms with E-state index in [4.69, 9.17) is 33.9 Å². The van der Waals surface area contributed by atoms with Crippen molar-refractivity contribution in [2.24, 2.45) is 0 Å². The number of ether oxygens (including phenoxy) is 2. The monoisotopic (exact) mass is 490 g/mol. The first-order valence-electron chi connectivity index (χ1n) is 11.3. The summed E-state index contributed by atoms with van der Waals surface area (Å²) in [6.07, 6.45) is 1.96. The number of piperazine rings is 1. The van der Waals surface area contributed by atoms with Crippen LogP contribution in [0.3, 0.4) is 0 Å². The first kappa shape index (κ1) is 23.8. The number of thiocarbonyl (C=S) groups is 2. The molecule has 4 rings (SSSR count). The molecule has 1 amide bonds. The van der Waals surface area contributed by atoms with Crippen LogP contribution in [0, 0.1) is 0 Å². The van der Waals surface area contributed by atoms with Gasteiger partial charge in [-0.25, -0.2) is 4.79 Å². The molecule has 3 aliphatic heterocycles. The van der Waals surface area contributed by atoms with Crippen LogP contribution in [0.15, 0.2) is 18.2 Å². The van der Waals surface area contributed by atoms with Crippen molar-refractivity contribution in [1.29, 1.82) is 0 Å². The maximum absolute atomic E-state index is 13.3. The predicted molar refractivity (Wildman–Crippen MR) is 133 cm³/mol. The van der Waals surface area contributed by atoms with Crippen LogP contribution in [0.25, 0.3) is 0 Å².